The van der Waals surface area contributed by atoms with Crippen molar-refractivity contribution in [1.82, 2.24) is 0 Å². The van der Waals surface area contributed by atoms with Crippen molar-refractivity contribution in [2.24, 2.45) is 0 Å². The Labute approximate surface area is 125 Å². The van der Waals surface area contributed by atoms with E-state index in [1.165, 1.54) is 0 Å². The molecule has 2 aromatic rings. The van der Waals surface area contributed by atoms with Crippen LogP contribution in [-0.4, -0.2) is 11.8 Å². The van der Waals surface area contributed by atoms with Crippen LogP contribution in [0.25, 0.3) is 10.8 Å². The number of aryl methyl sites for hydroxylation is 1. The lowest BCUT2D eigenvalue weighted by Crippen LogP contribution is -2.31. The number of rotatable bonds is 1. The van der Waals surface area contributed by atoms with Gasteiger partial charge in [0.15, 0.2) is 0 Å². The molecule has 0 radical (unpaired) electrons. The molecule has 1 heterocycles. The number of fused-ring (bicyclic) bond motifs is 1. The maximum absolute atomic E-state index is 12.2. The molecule has 1 aliphatic rings. The minimum atomic E-state index is -0.582. The summed E-state index contributed by atoms with van der Waals surface area (Å²) >= 11 is 11.6. The maximum atomic E-state index is 12.2. The summed E-state index contributed by atoms with van der Waals surface area (Å²) in [6, 6.07) is 11.3. The van der Waals surface area contributed by atoms with E-state index < -0.39 is 11.8 Å². The van der Waals surface area contributed by atoms with Crippen molar-refractivity contribution in [2.45, 2.75) is 6.92 Å². The molecule has 0 N–H and O–H groups in total. The van der Waals surface area contributed by atoms with Crippen molar-refractivity contribution in [3.05, 3.63) is 52.0 Å². The monoisotopic (exact) mass is 305 g/mol. The molecule has 0 saturated heterocycles. The molecule has 20 heavy (non-hydrogen) atoms. The molecule has 0 atom stereocenters. The Balaban J connectivity index is 2.29. The first-order chi connectivity index (χ1) is 9.52. The molecule has 0 spiro atoms. The number of hydrogen-bond donors (Lipinski definition) is 0. The quantitative estimate of drug-likeness (QED) is 0.753. The van der Waals surface area contributed by atoms with Gasteiger partial charge in [-0.25, -0.2) is 4.90 Å². The SMILES string of the molecule is Cc1ccc2ccccc2c1N1C(=O)C(Cl)=C(Cl)C1=O. The van der Waals surface area contributed by atoms with Gasteiger partial charge in [-0.1, -0.05) is 59.6 Å². The van der Waals surface area contributed by atoms with Gasteiger partial charge < -0.3 is 0 Å². The molecule has 3 rings (SSSR count). The van der Waals surface area contributed by atoms with Gasteiger partial charge in [0.25, 0.3) is 11.8 Å². The summed E-state index contributed by atoms with van der Waals surface area (Å²) in [6.45, 7) is 1.84. The van der Waals surface area contributed by atoms with Gasteiger partial charge in [0, 0.05) is 5.39 Å². The first-order valence-corrected chi connectivity index (χ1v) is 6.70. The van der Waals surface area contributed by atoms with Crippen LogP contribution in [0.1, 0.15) is 5.56 Å². The first-order valence-electron chi connectivity index (χ1n) is 5.95. The van der Waals surface area contributed by atoms with Gasteiger partial charge in [-0.2, -0.15) is 0 Å². The Bertz CT molecular complexity index is 772. The average molecular weight is 306 g/mol. The number of carbonyl (C=O) groups is 2. The summed E-state index contributed by atoms with van der Waals surface area (Å²) in [5.41, 5.74) is 1.34. The summed E-state index contributed by atoms with van der Waals surface area (Å²) in [7, 11) is 0. The number of hydrogen-bond acceptors (Lipinski definition) is 2. The topological polar surface area (TPSA) is 37.4 Å². The first kappa shape index (κ1) is 13.2. The highest BCUT2D eigenvalue weighted by Crippen LogP contribution is 2.37. The van der Waals surface area contributed by atoms with E-state index >= 15 is 0 Å². The number of nitrogens with zero attached hydrogens (tertiary/aromatic N) is 1. The summed E-state index contributed by atoms with van der Waals surface area (Å²) in [4.78, 5) is 25.4. The van der Waals surface area contributed by atoms with Crippen LogP contribution in [0.2, 0.25) is 0 Å². The van der Waals surface area contributed by atoms with E-state index in [9.17, 15) is 9.59 Å². The normalized spacial score (nSPS) is 15.7. The Hall–Kier alpha value is -1.84. The summed E-state index contributed by atoms with van der Waals surface area (Å²) < 4.78 is 0. The lowest BCUT2D eigenvalue weighted by Gasteiger charge is -2.19. The number of benzene rings is 2. The fourth-order valence-electron chi connectivity index (χ4n) is 2.34. The van der Waals surface area contributed by atoms with Crippen molar-refractivity contribution in [1.29, 1.82) is 0 Å². The van der Waals surface area contributed by atoms with Crippen LogP contribution in [0.4, 0.5) is 5.69 Å². The second-order valence-electron chi connectivity index (χ2n) is 4.53. The van der Waals surface area contributed by atoms with Gasteiger partial charge in [0.2, 0.25) is 0 Å². The van der Waals surface area contributed by atoms with Crippen LogP contribution in [-0.2, 0) is 9.59 Å². The molecule has 0 unspecified atom stereocenters. The third kappa shape index (κ3) is 1.74. The van der Waals surface area contributed by atoms with Crippen LogP contribution >= 0.6 is 23.2 Å². The van der Waals surface area contributed by atoms with Crippen molar-refractivity contribution in [2.75, 3.05) is 4.90 Å². The van der Waals surface area contributed by atoms with Gasteiger partial charge in [-0.3, -0.25) is 9.59 Å². The van der Waals surface area contributed by atoms with Gasteiger partial charge >= 0.3 is 0 Å². The predicted molar refractivity (Wildman–Crippen MR) is 79.9 cm³/mol. The van der Waals surface area contributed by atoms with E-state index in [2.05, 4.69) is 0 Å². The smallest absolute Gasteiger partial charge is 0.267 e. The highest BCUT2D eigenvalue weighted by atomic mass is 35.5. The van der Waals surface area contributed by atoms with Crippen molar-refractivity contribution in [3.8, 4) is 0 Å². The Morgan fingerprint density at radius 3 is 2.15 bits per heavy atom. The van der Waals surface area contributed by atoms with Gasteiger partial charge in [-0.05, 0) is 17.9 Å². The fraction of sp³-hybridized carbons (Fsp3) is 0.0667. The zero-order valence-electron chi connectivity index (χ0n) is 10.5. The minimum Gasteiger partial charge on any atom is -0.267 e. The van der Waals surface area contributed by atoms with E-state index in [1.807, 2.05) is 43.3 Å². The van der Waals surface area contributed by atoms with Crippen molar-refractivity contribution >= 4 is 51.5 Å². The van der Waals surface area contributed by atoms with Crippen molar-refractivity contribution < 1.29 is 9.59 Å². The number of anilines is 1. The summed E-state index contributed by atoms with van der Waals surface area (Å²) in [5, 5.41) is 1.28. The Morgan fingerprint density at radius 1 is 0.900 bits per heavy atom. The molecule has 100 valence electrons. The summed E-state index contributed by atoms with van der Waals surface area (Å²) in [5.74, 6) is -1.16. The molecule has 0 fully saturated rings. The van der Waals surface area contributed by atoms with E-state index in [-0.39, 0.29) is 10.1 Å². The van der Waals surface area contributed by atoms with Crippen LogP contribution in [0, 0.1) is 6.92 Å². The Kier molecular flexibility index (Phi) is 3.04. The molecule has 0 aliphatic carbocycles. The standard InChI is InChI=1S/C15H9Cl2NO2/c1-8-6-7-9-4-2-3-5-10(9)13(8)18-14(19)11(16)12(17)15(18)20/h2-7H,1H3. The predicted octanol–water partition coefficient (Wildman–Crippen LogP) is 3.71. The molecule has 0 saturated carbocycles. The molecular weight excluding hydrogens is 297 g/mol. The zero-order chi connectivity index (χ0) is 14.4. The fourth-order valence-corrected chi connectivity index (χ4v) is 2.67. The minimum absolute atomic E-state index is 0.232. The number of imide groups is 1. The maximum Gasteiger partial charge on any atom is 0.278 e. The zero-order valence-corrected chi connectivity index (χ0v) is 12.0. The second-order valence-corrected chi connectivity index (χ2v) is 5.28. The molecule has 2 amide bonds. The van der Waals surface area contributed by atoms with Crippen LogP contribution in [0.3, 0.4) is 0 Å². The van der Waals surface area contributed by atoms with Gasteiger partial charge in [0.05, 0.1) is 5.69 Å². The molecule has 2 aromatic carbocycles. The van der Waals surface area contributed by atoms with Crippen LogP contribution < -0.4 is 4.90 Å². The summed E-state index contributed by atoms with van der Waals surface area (Å²) in [6.07, 6.45) is 0. The van der Waals surface area contributed by atoms with E-state index in [1.54, 1.807) is 0 Å². The third-order valence-electron chi connectivity index (χ3n) is 3.30. The van der Waals surface area contributed by atoms with E-state index in [4.69, 9.17) is 23.2 Å². The lowest BCUT2D eigenvalue weighted by atomic mass is 10.0. The van der Waals surface area contributed by atoms with Gasteiger partial charge in [-0.15, -0.1) is 0 Å². The van der Waals surface area contributed by atoms with Crippen LogP contribution in [0.5, 0.6) is 0 Å². The number of amides is 2. The van der Waals surface area contributed by atoms with Crippen molar-refractivity contribution in [3.63, 3.8) is 0 Å². The lowest BCUT2D eigenvalue weighted by molar-refractivity contribution is -0.120. The third-order valence-corrected chi connectivity index (χ3v) is 4.10. The molecule has 3 nitrogen and oxygen atoms in total. The largest absolute Gasteiger partial charge is 0.278 e. The molecule has 0 bridgehead atoms. The molecule has 5 heteroatoms. The van der Waals surface area contributed by atoms with E-state index in [0.717, 1.165) is 21.2 Å². The van der Waals surface area contributed by atoms with Gasteiger partial charge in [0.1, 0.15) is 10.1 Å². The molecule has 1 aliphatic heterocycles. The highest BCUT2D eigenvalue weighted by molar-refractivity contribution is 6.62. The highest BCUT2D eigenvalue weighted by Gasteiger charge is 2.39. The number of halogens is 2. The van der Waals surface area contributed by atoms with Crippen LogP contribution in [0.15, 0.2) is 46.5 Å². The van der Waals surface area contributed by atoms with E-state index in [0.29, 0.717) is 5.69 Å². The average Bonchev–Trinajstić information content (AvgIpc) is 2.64. The molecule has 0 aromatic heterocycles. The second kappa shape index (κ2) is 4.62. The number of carbonyl (C=O) groups excluding carboxylic acids is 2. The Morgan fingerprint density at radius 2 is 1.50 bits per heavy atom. The molecular formula is C15H9Cl2NO2.